The van der Waals surface area contributed by atoms with Gasteiger partial charge in [0.15, 0.2) is 0 Å². The largest absolute Gasteiger partial charge is 0.326 e. The molecule has 3 aromatic rings. The van der Waals surface area contributed by atoms with Crippen LogP contribution in [0.3, 0.4) is 0 Å². The predicted octanol–water partition coefficient (Wildman–Crippen LogP) is 4.07. The monoisotopic (exact) mass is 293 g/mol. The fraction of sp³-hybridized carbons (Fsp3) is 0.316. The van der Waals surface area contributed by atoms with Crippen LogP contribution in [-0.2, 0) is 12.0 Å². The summed E-state index contributed by atoms with van der Waals surface area (Å²) in [5, 5.41) is 0. The maximum atomic E-state index is 5.72. The van der Waals surface area contributed by atoms with Crippen molar-refractivity contribution < 1.29 is 0 Å². The van der Waals surface area contributed by atoms with Crippen molar-refractivity contribution in [2.75, 3.05) is 0 Å². The lowest BCUT2D eigenvalue weighted by molar-refractivity contribution is 0.590. The molecule has 0 spiro atoms. The zero-order valence-corrected chi connectivity index (χ0v) is 13.7. The van der Waals surface area contributed by atoms with Crippen LogP contribution in [0.5, 0.6) is 0 Å². The van der Waals surface area contributed by atoms with E-state index in [1.807, 2.05) is 12.3 Å². The maximum Gasteiger partial charge on any atom is 0.137 e. The van der Waals surface area contributed by atoms with Crippen molar-refractivity contribution in [3.05, 3.63) is 59.4 Å². The fourth-order valence-corrected chi connectivity index (χ4v) is 2.74. The van der Waals surface area contributed by atoms with Gasteiger partial charge in [0.1, 0.15) is 5.65 Å². The van der Waals surface area contributed by atoms with E-state index < -0.39 is 0 Å². The summed E-state index contributed by atoms with van der Waals surface area (Å²) in [7, 11) is 0. The summed E-state index contributed by atoms with van der Waals surface area (Å²) in [6.45, 7) is 9.33. The molecule has 0 aliphatic carbocycles. The molecule has 22 heavy (non-hydrogen) atoms. The maximum absolute atomic E-state index is 5.72. The molecule has 0 saturated heterocycles. The SMILES string of the molecule is Cc1c(-c2ccc(C(C)(C)C)cc2)nc2cc(CN)ccn12. The number of aromatic nitrogens is 2. The minimum Gasteiger partial charge on any atom is -0.326 e. The van der Waals surface area contributed by atoms with Gasteiger partial charge in [-0.25, -0.2) is 4.98 Å². The van der Waals surface area contributed by atoms with Crippen LogP contribution in [0.1, 0.15) is 37.6 Å². The Balaban J connectivity index is 2.08. The molecule has 0 aliphatic heterocycles. The Bertz CT molecular complexity index is 805. The first-order valence-electron chi connectivity index (χ1n) is 7.69. The third-order valence-electron chi connectivity index (χ3n) is 4.19. The van der Waals surface area contributed by atoms with Crippen molar-refractivity contribution in [2.24, 2.45) is 5.73 Å². The summed E-state index contributed by atoms with van der Waals surface area (Å²) in [5.74, 6) is 0. The van der Waals surface area contributed by atoms with E-state index in [4.69, 9.17) is 10.7 Å². The van der Waals surface area contributed by atoms with E-state index in [2.05, 4.69) is 62.4 Å². The second-order valence-electron chi connectivity index (χ2n) is 6.84. The highest BCUT2D eigenvalue weighted by atomic mass is 15.0. The van der Waals surface area contributed by atoms with Crippen LogP contribution in [-0.4, -0.2) is 9.38 Å². The van der Waals surface area contributed by atoms with E-state index in [9.17, 15) is 0 Å². The second-order valence-corrected chi connectivity index (χ2v) is 6.84. The van der Waals surface area contributed by atoms with Gasteiger partial charge in [0, 0.05) is 24.0 Å². The summed E-state index contributed by atoms with van der Waals surface area (Å²) >= 11 is 0. The van der Waals surface area contributed by atoms with E-state index in [1.165, 1.54) is 5.56 Å². The first kappa shape index (κ1) is 14.8. The lowest BCUT2D eigenvalue weighted by atomic mass is 9.86. The van der Waals surface area contributed by atoms with Crippen LogP contribution in [0.2, 0.25) is 0 Å². The third kappa shape index (κ3) is 2.53. The van der Waals surface area contributed by atoms with Crippen molar-refractivity contribution >= 4 is 5.65 Å². The van der Waals surface area contributed by atoms with Crippen molar-refractivity contribution in [2.45, 2.75) is 39.7 Å². The predicted molar refractivity (Wildman–Crippen MR) is 92.0 cm³/mol. The molecule has 0 aliphatic rings. The number of aryl methyl sites for hydroxylation is 1. The van der Waals surface area contributed by atoms with Gasteiger partial charge in [0.2, 0.25) is 0 Å². The normalized spacial score (nSPS) is 12.0. The molecule has 3 rings (SSSR count). The van der Waals surface area contributed by atoms with E-state index in [-0.39, 0.29) is 5.41 Å². The number of hydrogen-bond acceptors (Lipinski definition) is 2. The molecule has 0 radical (unpaired) electrons. The van der Waals surface area contributed by atoms with Gasteiger partial charge in [-0.05, 0) is 35.6 Å². The molecular formula is C19H23N3. The van der Waals surface area contributed by atoms with Gasteiger partial charge in [-0.2, -0.15) is 0 Å². The van der Waals surface area contributed by atoms with Gasteiger partial charge in [-0.1, -0.05) is 45.0 Å². The lowest BCUT2D eigenvalue weighted by Crippen LogP contribution is -2.10. The van der Waals surface area contributed by atoms with E-state index in [0.717, 1.165) is 28.2 Å². The van der Waals surface area contributed by atoms with Crippen LogP contribution in [0.25, 0.3) is 16.9 Å². The van der Waals surface area contributed by atoms with Crippen molar-refractivity contribution in [1.82, 2.24) is 9.38 Å². The molecule has 114 valence electrons. The number of pyridine rings is 1. The van der Waals surface area contributed by atoms with Gasteiger partial charge in [0.05, 0.1) is 5.69 Å². The van der Waals surface area contributed by atoms with E-state index in [0.29, 0.717) is 6.54 Å². The smallest absolute Gasteiger partial charge is 0.137 e. The molecule has 0 bridgehead atoms. The van der Waals surface area contributed by atoms with Crippen LogP contribution in [0.15, 0.2) is 42.6 Å². The number of hydrogen-bond donors (Lipinski definition) is 1. The second kappa shape index (κ2) is 5.25. The molecule has 0 amide bonds. The quantitative estimate of drug-likeness (QED) is 0.774. The molecule has 3 heteroatoms. The minimum atomic E-state index is 0.169. The van der Waals surface area contributed by atoms with Crippen molar-refractivity contribution in [3.8, 4) is 11.3 Å². The molecule has 3 nitrogen and oxygen atoms in total. The number of rotatable bonds is 2. The Hall–Kier alpha value is -2.13. The number of imidazole rings is 1. The Morgan fingerprint density at radius 3 is 2.36 bits per heavy atom. The molecule has 0 atom stereocenters. The third-order valence-corrected chi connectivity index (χ3v) is 4.19. The van der Waals surface area contributed by atoms with Gasteiger partial charge in [-0.15, -0.1) is 0 Å². The van der Waals surface area contributed by atoms with E-state index >= 15 is 0 Å². The summed E-state index contributed by atoms with van der Waals surface area (Å²) in [4.78, 5) is 4.79. The lowest BCUT2D eigenvalue weighted by Gasteiger charge is -2.19. The number of nitrogens with two attached hydrogens (primary N) is 1. The molecule has 2 heterocycles. The van der Waals surface area contributed by atoms with E-state index in [1.54, 1.807) is 0 Å². The molecule has 1 aromatic carbocycles. The van der Waals surface area contributed by atoms with Crippen LogP contribution in [0, 0.1) is 6.92 Å². The standard InChI is InChI=1S/C19H23N3/c1-13-18(15-5-7-16(8-6-15)19(2,3)4)21-17-11-14(12-20)9-10-22(13)17/h5-11H,12,20H2,1-4H3. The number of fused-ring (bicyclic) bond motifs is 1. The molecule has 0 fully saturated rings. The van der Waals surface area contributed by atoms with Crippen molar-refractivity contribution in [1.29, 1.82) is 0 Å². The number of benzene rings is 1. The summed E-state index contributed by atoms with van der Waals surface area (Å²) < 4.78 is 2.12. The first-order valence-corrected chi connectivity index (χ1v) is 7.69. The van der Waals surface area contributed by atoms with Gasteiger partial charge in [-0.3, -0.25) is 0 Å². The average molecular weight is 293 g/mol. The van der Waals surface area contributed by atoms with Crippen LogP contribution >= 0.6 is 0 Å². The molecular weight excluding hydrogens is 270 g/mol. The Morgan fingerprint density at radius 1 is 1.09 bits per heavy atom. The van der Waals surface area contributed by atoms with Gasteiger partial charge in [0.25, 0.3) is 0 Å². The minimum absolute atomic E-state index is 0.169. The topological polar surface area (TPSA) is 43.3 Å². The highest BCUT2D eigenvalue weighted by Gasteiger charge is 2.15. The Labute approximate surface area is 131 Å². The highest BCUT2D eigenvalue weighted by Crippen LogP contribution is 2.28. The molecule has 2 N–H and O–H groups in total. The Morgan fingerprint density at radius 2 is 1.77 bits per heavy atom. The zero-order chi connectivity index (χ0) is 15.9. The Kier molecular flexibility index (Phi) is 3.53. The molecule has 0 unspecified atom stereocenters. The number of nitrogens with zero attached hydrogens (tertiary/aromatic N) is 2. The summed E-state index contributed by atoms with van der Waals surface area (Å²) in [5.41, 5.74) is 12.6. The molecule has 2 aromatic heterocycles. The highest BCUT2D eigenvalue weighted by molar-refractivity contribution is 5.67. The summed E-state index contributed by atoms with van der Waals surface area (Å²) in [6, 6.07) is 12.8. The van der Waals surface area contributed by atoms with Gasteiger partial charge >= 0.3 is 0 Å². The zero-order valence-electron chi connectivity index (χ0n) is 13.7. The summed E-state index contributed by atoms with van der Waals surface area (Å²) in [6.07, 6.45) is 2.05. The van der Waals surface area contributed by atoms with Crippen molar-refractivity contribution in [3.63, 3.8) is 0 Å². The van der Waals surface area contributed by atoms with Gasteiger partial charge < -0.3 is 10.1 Å². The first-order chi connectivity index (χ1) is 10.4. The van der Waals surface area contributed by atoms with Crippen LogP contribution in [0.4, 0.5) is 0 Å². The fourth-order valence-electron chi connectivity index (χ4n) is 2.74. The van der Waals surface area contributed by atoms with Crippen LogP contribution < -0.4 is 5.73 Å². The molecule has 0 saturated carbocycles. The average Bonchev–Trinajstić information content (AvgIpc) is 2.83.